The average molecular weight is 290 g/mol. The van der Waals surface area contributed by atoms with Crippen LogP contribution in [0.1, 0.15) is 13.3 Å². The smallest absolute Gasteiger partial charge is 0.146 e. The Balaban J connectivity index is 2.32. The molecule has 0 spiro atoms. The van der Waals surface area contributed by atoms with Crippen LogP contribution in [0.25, 0.3) is 22.4 Å². The molecule has 0 aliphatic heterocycles. The van der Waals surface area contributed by atoms with Crippen molar-refractivity contribution in [2.24, 2.45) is 7.05 Å². The first-order valence-electron chi connectivity index (χ1n) is 6.56. The molecule has 3 aromatic rings. The molecule has 6 heteroatoms. The third-order valence-electron chi connectivity index (χ3n) is 3.39. The second-order valence-corrected chi connectivity index (χ2v) is 5.17. The van der Waals surface area contributed by atoms with E-state index in [1.165, 1.54) is 0 Å². The molecule has 2 aromatic heterocycles. The van der Waals surface area contributed by atoms with Gasteiger partial charge in [0.15, 0.2) is 0 Å². The van der Waals surface area contributed by atoms with Gasteiger partial charge < -0.3 is 10.3 Å². The summed E-state index contributed by atoms with van der Waals surface area (Å²) < 4.78 is 3.76. The topological polar surface area (TPSA) is 61.7 Å². The van der Waals surface area contributed by atoms with Crippen molar-refractivity contribution in [3.63, 3.8) is 0 Å². The van der Waals surface area contributed by atoms with Crippen molar-refractivity contribution in [2.45, 2.75) is 19.9 Å². The Morgan fingerprint density at radius 1 is 1.35 bits per heavy atom. The lowest BCUT2D eigenvalue weighted by Gasteiger charge is -2.08. The third kappa shape index (κ3) is 1.86. The SMILES string of the molecule is CCCn1c(-c2cnn(C)c2N)nc2cccc(Cl)c21. The minimum Gasteiger partial charge on any atom is -0.383 e. The predicted molar refractivity (Wildman–Crippen MR) is 81.6 cm³/mol. The van der Waals surface area contributed by atoms with Gasteiger partial charge in [-0.15, -0.1) is 0 Å². The van der Waals surface area contributed by atoms with Crippen LogP contribution in [-0.4, -0.2) is 19.3 Å². The van der Waals surface area contributed by atoms with Gasteiger partial charge in [-0.1, -0.05) is 24.6 Å². The van der Waals surface area contributed by atoms with E-state index < -0.39 is 0 Å². The van der Waals surface area contributed by atoms with Crippen LogP contribution >= 0.6 is 11.6 Å². The number of fused-ring (bicyclic) bond motifs is 1. The number of aryl methyl sites for hydroxylation is 2. The summed E-state index contributed by atoms with van der Waals surface area (Å²) in [6, 6.07) is 5.75. The zero-order valence-corrected chi connectivity index (χ0v) is 12.2. The van der Waals surface area contributed by atoms with Crippen molar-refractivity contribution < 1.29 is 0 Å². The Morgan fingerprint density at radius 2 is 2.15 bits per heavy atom. The van der Waals surface area contributed by atoms with Crippen LogP contribution in [0, 0.1) is 0 Å². The second kappa shape index (κ2) is 4.83. The van der Waals surface area contributed by atoms with Crippen LogP contribution in [0.3, 0.4) is 0 Å². The van der Waals surface area contributed by atoms with E-state index in [1.807, 2.05) is 25.2 Å². The molecule has 0 atom stereocenters. The van der Waals surface area contributed by atoms with Gasteiger partial charge in [-0.2, -0.15) is 5.10 Å². The summed E-state index contributed by atoms with van der Waals surface area (Å²) in [4.78, 5) is 4.68. The molecule has 0 amide bonds. The molecule has 0 saturated heterocycles. The number of rotatable bonds is 3. The first kappa shape index (κ1) is 13.0. The van der Waals surface area contributed by atoms with E-state index in [-0.39, 0.29) is 0 Å². The molecule has 0 fully saturated rings. The van der Waals surface area contributed by atoms with E-state index in [4.69, 9.17) is 17.3 Å². The number of nitrogen functional groups attached to an aromatic ring is 1. The van der Waals surface area contributed by atoms with Crippen LogP contribution in [0.15, 0.2) is 24.4 Å². The highest BCUT2D eigenvalue weighted by atomic mass is 35.5. The maximum Gasteiger partial charge on any atom is 0.146 e. The highest BCUT2D eigenvalue weighted by Crippen LogP contribution is 2.32. The summed E-state index contributed by atoms with van der Waals surface area (Å²) in [6.45, 7) is 2.96. The van der Waals surface area contributed by atoms with E-state index in [1.54, 1.807) is 10.9 Å². The van der Waals surface area contributed by atoms with E-state index in [2.05, 4.69) is 21.6 Å². The van der Waals surface area contributed by atoms with Crippen LogP contribution < -0.4 is 5.73 Å². The molecule has 0 aliphatic rings. The Labute approximate surface area is 122 Å². The molecule has 1 aromatic carbocycles. The Kier molecular flexibility index (Phi) is 3.14. The number of halogens is 1. The number of anilines is 1. The van der Waals surface area contributed by atoms with Crippen molar-refractivity contribution in [3.8, 4) is 11.4 Å². The summed E-state index contributed by atoms with van der Waals surface area (Å²) in [5, 5.41) is 4.90. The van der Waals surface area contributed by atoms with E-state index in [0.717, 1.165) is 35.4 Å². The highest BCUT2D eigenvalue weighted by Gasteiger charge is 2.18. The number of hydrogen-bond acceptors (Lipinski definition) is 3. The maximum absolute atomic E-state index is 6.33. The average Bonchev–Trinajstić information content (AvgIpc) is 2.94. The minimum atomic E-state index is 0.605. The van der Waals surface area contributed by atoms with Gasteiger partial charge in [0.1, 0.15) is 11.6 Å². The molecule has 3 rings (SSSR count). The van der Waals surface area contributed by atoms with Crippen LogP contribution in [-0.2, 0) is 13.6 Å². The maximum atomic E-state index is 6.33. The van der Waals surface area contributed by atoms with Crippen LogP contribution in [0.4, 0.5) is 5.82 Å². The Bertz CT molecular complexity index is 771. The van der Waals surface area contributed by atoms with Crippen molar-refractivity contribution >= 4 is 28.5 Å². The molecule has 0 radical (unpaired) electrons. The Morgan fingerprint density at radius 3 is 2.80 bits per heavy atom. The molecule has 104 valence electrons. The minimum absolute atomic E-state index is 0.605. The molecular weight excluding hydrogens is 274 g/mol. The summed E-state index contributed by atoms with van der Waals surface area (Å²) in [5.41, 5.74) is 8.75. The van der Waals surface area contributed by atoms with Gasteiger partial charge in [0.2, 0.25) is 0 Å². The van der Waals surface area contributed by atoms with Crippen molar-refractivity contribution in [2.75, 3.05) is 5.73 Å². The summed E-state index contributed by atoms with van der Waals surface area (Å²) in [6.07, 6.45) is 2.74. The zero-order valence-electron chi connectivity index (χ0n) is 11.5. The third-order valence-corrected chi connectivity index (χ3v) is 3.70. The van der Waals surface area contributed by atoms with E-state index in [0.29, 0.717) is 10.8 Å². The monoisotopic (exact) mass is 289 g/mol. The van der Waals surface area contributed by atoms with Gasteiger partial charge in [-0.3, -0.25) is 4.68 Å². The van der Waals surface area contributed by atoms with Gasteiger partial charge >= 0.3 is 0 Å². The quantitative estimate of drug-likeness (QED) is 0.806. The van der Waals surface area contributed by atoms with Gasteiger partial charge in [0.05, 0.1) is 27.8 Å². The number of nitrogens with zero attached hydrogens (tertiary/aromatic N) is 4. The second-order valence-electron chi connectivity index (χ2n) is 4.76. The molecule has 0 saturated carbocycles. The van der Waals surface area contributed by atoms with Gasteiger partial charge in [-0.05, 0) is 18.6 Å². The summed E-state index contributed by atoms with van der Waals surface area (Å²) in [5.74, 6) is 1.43. The van der Waals surface area contributed by atoms with Gasteiger partial charge in [0, 0.05) is 13.6 Å². The first-order valence-corrected chi connectivity index (χ1v) is 6.94. The molecule has 2 N–H and O–H groups in total. The first-order chi connectivity index (χ1) is 9.63. The van der Waals surface area contributed by atoms with Crippen molar-refractivity contribution in [1.82, 2.24) is 19.3 Å². The number of benzene rings is 1. The molecule has 0 bridgehead atoms. The van der Waals surface area contributed by atoms with Crippen molar-refractivity contribution in [1.29, 1.82) is 0 Å². The summed E-state index contributed by atoms with van der Waals surface area (Å²) >= 11 is 6.33. The number of hydrogen-bond donors (Lipinski definition) is 1. The number of imidazole rings is 1. The highest BCUT2D eigenvalue weighted by molar-refractivity contribution is 6.35. The molecule has 2 heterocycles. The lowest BCUT2D eigenvalue weighted by molar-refractivity contribution is 0.704. The van der Waals surface area contributed by atoms with E-state index in [9.17, 15) is 0 Å². The largest absolute Gasteiger partial charge is 0.383 e. The molecule has 20 heavy (non-hydrogen) atoms. The van der Waals surface area contributed by atoms with Crippen LogP contribution in [0.5, 0.6) is 0 Å². The van der Waals surface area contributed by atoms with Crippen molar-refractivity contribution in [3.05, 3.63) is 29.4 Å². The standard InChI is InChI=1S/C14H16ClN5/c1-3-7-20-12-10(15)5-4-6-11(12)18-14(20)9-8-17-19(2)13(9)16/h4-6,8H,3,7,16H2,1-2H3. The summed E-state index contributed by atoms with van der Waals surface area (Å²) in [7, 11) is 1.82. The predicted octanol–water partition coefficient (Wildman–Crippen LogP) is 3.08. The number of nitrogens with two attached hydrogens (primary N) is 1. The number of para-hydroxylation sites is 1. The lowest BCUT2D eigenvalue weighted by Crippen LogP contribution is -2.03. The van der Waals surface area contributed by atoms with Crippen LogP contribution in [0.2, 0.25) is 5.02 Å². The molecule has 0 unspecified atom stereocenters. The fraction of sp³-hybridized carbons (Fsp3) is 0.286. The fourth-order valence-corrected chi connectivity index (χ4v) is 2.68. The molecule has 5 nitrogen and oxygen atoms in total. The Hall–Kier alpha value is -2.01. The molecule has 0 aliphatic carbocycles. The van der Waals surface area contributed by atoms with E-state index >= 15 is 0 Å². The lowest BCUT2D eigenvalue weighted by atomic mass is 10.3. The van der Waals surface area contributed by atoms with Gasteiger partial charge in [0.25, 0.3) is 0 Å². The fourth-order valence-electron chi connectivity index (χ4n) is 2.41. The molecular formula is C14H16ClN5. The zero-order chi connectivity index (χ0) is 14.3. The van der Waals surface area contributed by atoms with Gasteiger partial charge in [-0.25, -0.2) is 4.98 Å². The number of aromatic nitrogens is 4. The normalized spacial score (nSPS) is 11.3.